The van der Waals surface area contributed by atoms with Crippen LogP contribution in [0.4, 0.5) is 16.3 Å². The van der Waals surface area contributed by atoms with Crippen LogP contribution in [0.15, 0.2) is 66.4 Å². The van der Waals surface area contributed by atoms with Gasteiger partial charge in [0.2, 0.25) is 0 Å². The molecule has 0 spiro atoms. The van der Waals surface area contributed by atoms with Gasteiger partial charge in [0.25, 0.3) is 0 Å². The number of benzene rings is 1. The second kappa shape index (κ2) is 6.66. The smallest absolute Gasteiger partial charge is 0.306 e. The van der Waals surface area contributed by atoms with E-state index in [-0.39, 0.29) is 6.03 Å². The molecule has 0 saturated heterocycles. The van der Waals surface area contributed by atoms with Gasteiger partial charge in [0, 0.05) is 28.7 Å². The van der Waals surface area contributed by atoms with Crippen LogP contribution in [0.5, 0.6) is 0 Å². The number of nitrogens with zero attached hydrogens (tertiary/aromatic N) is 3. The molecule has 0 radical (unpaired) electrons. The number of carbonyl (C=O) groups excluding carboxylic acids is 1. The van der Waals surface area contributed by atoms with Gasteiger partial charge >= 0.3 is 6.03 Å². The predicted molar refractivity (Wildman–Crippen MR) is 99.7 cm³/mol. The number of amides is 2. The summed E-state index contributed by atoms with van der Waals surface area (Å²) in [5.41, 5.74) is 2.47. The molecule has 122 valence electrons. The van der Waals surface area contributed by atoms with Crippen LogP contribution in [0.1, 0.15) is 0 Å². The van der Waals surface area contributed by atoms with Crippen LogP contribution in [0, 0.1) is 0 Å². The summed E-state index contributed by atoms with van der Waals surface area (Å²) in [6.45, 7) is 0. The summed E-state index contributed by atoms with van der Waals surface area (Å²) in [5.74, 6) is 0.503. The van der Waals surface area contributed by atoms with Crippen molar-refractivity contribution in [2.75, 3.05) is 10.6 Å². The highest BCUT2D eigenvalue weighted by molar-refractivity contribution is 7.13. The van der Waals surface area contributed by atoms with E-state index in [1.807, 2.05) is 42.5 Å². The fourth-order valence-corrected chi connectivity index (χ4v) is 3.13. The summed E-state index contributed by atoms with van der Waals surface area (Å²) >= 11 is 1.46. The molecule has 0 unspecified atom stereocenters. The Hall–Kier alpha value is -3.32. The molecule has 0 fully saturated rings. The van der Waals surface area contributed by atoms with Gasteiger partial charge in [0.15, 0.2) is 0 Å². The molecular weight excluding hydrogens is 334 g/mol. The highest BCUT2D eigenvalue weighted by Crippen LogP contribution is 2.25. The van der Waals surface area contributed by atoms with Crippen molar-refractivity contribution in [2.24, 2.45) is 0 Å². The quantitative estimate of drug-likeness (QED) is 0.576. The lowest BCUT2D eigenvalue weighted by Crippen LogP contribution is -2.19. The van der Waals surface area contributed by atoms with Crippen LogP contribution in [0.3, 0.4) is 0 Å². The van der Waals surface area contributed by atoms with Crippen LogP contribution in [0.25, 0.3) is 21.5 Å². The maximum absolute atomic E-state index is 12.2. The Morgan fingerprint density at radius 1 is 1.04 bits per heavy atom. The van der Waals surface area contributed by atoms with E-state index < -0.39 is 0 Å². The molecular formula is C18H13N5OS. The standard InChI is InChI=1S/C18H13N5OS/c24-18(21-14-9-13-3-1-2-4-15(13)20-10-14)23-16-11-25-17(22-16)12-5-7-19-8-6-12/h1-11H,(H2,21,23,24). The minimum absolute atomic E-state index is 0.358. The molecule has 0 aliphatic rings. The molecule has 6 nitrogen and oxygen atoms in total. The van der Waals surface area contributed by atoms with Crippen molar-refractivity contribution in [3.8, 4) is 10.6 Å². The van der Waals surface area contributed by atoms with Crippen molar-refractivity contribution < 1.29 is 4.79 Å². The van der Waals surface area contributed by atoms with Crippen LogP contribution >= 0.6 is 11.3 Å². The summed E-state index contributed by atoms with van der Waals surface area (Å²) in [7, 11) is 0. The molecule has 4 aromatic rings. The highest BCUT2D eigenvalue weighted by Gasteiger charge is 2.08. The number of aromatic nitrogens is 3. The Kier molecular flexibility index (Phi) is 4.05. The van der Waals surface area contributed by atoms with E-state index in [4.69, 9.17) is 0 Å². The Morgan fingerprint density at radius 3 is 2.76 bits per heavy atom. The first-order valence-electron chi connectivity index (χ1n) is 7.57. The van der Waals surface area contributed by atoms with Gasteiger partial charge in [-0.1, -0.05) is 18.2 Å². The number of pyridine rings is 2. The second-order valence-corrected chi connectivity index (χ2v) is 6.13. The van der Waals surface area contributed by atoms with E-state index in [1.165, 1.54) is 11.3 Å². The van der Waals surface area contributed by atoms with Crippen molar-refractivity contribution in [1.29, 1.82) is 0 Å². The van der Waals surface area contributed by atoms with Crippen molar-refractivity contribution in [3.05, 3.63) is 66.4 Å². The normalized spacial score (nSPS) is 10.6. The van der Waals surface area contributed by atoms with Crippen LogP contribution in [-0.4, -0.2) is 21.0 Å². The molecule has 3 heterocycles. The summed E-state index contributed by atoms with van der Waals surface area (Å²) < 4.78 is 0. The van der Waals surface area contributed by atoms with Crippen molar-refractivity contribution >= 4 is 39.8 Å². The highest BCUT2D eigenvalue weighted by atomic mass is 32.1. The number of fused-ring (bicyclic) bond motifs is 1. The number of carbonyl (C=O) groups is 1. The molecule has 0 saturated carbocycles. The summed E-state index contributed by atoms with van der Waals surface area (Å²) in [6.07, 6.45) is 5.05. The van der Waals surface area contributed by atoms with E-state index in [0.717, 1.165) is 21.5 Å². The number of hydrogen-bond acceptors (Lipinski definition) is 5. The first-order chi connectivity index (χ1) is 12.3. The lowest BCUT2D eigenvalue weighted by atomic mass is 10.2. The van der Waals surface area contributed by atoms with Gasteiger partial charge in [0.05, 0.1) is 17.4 Å². The lowest BCUT2D eigenvalue weighted by Gasteiger charge is -2.06. The number of nitrogens with one attached hydrogen (secondary N) is 2. The van der Waals surface area contributed by atoms with Crippen molar-refractivity contribution in [1.82, 2.24) is 15.0 Å². The molecule has 2 amide bonds. The van der Waals surface area contributed by atoms with Gasteiger partial charge in [-0.3, -0.25) is 15.3 Å². The third-order valence-corrected chi connectivity index (χ3v) is 4.41. The first kappa shape index (κ1) is 15.2. The van der Waals surface area contributed by atoms with Crippen molar-refractivity contribution in [2.45, 2.75) is 0 Å². The Morgan fingerprint density at radius 2 is 1.88 bits per heavy atom. The zero-order valence-electron chi connectivity index (χ0n) is 13.0. The molecule has 0 aliphatic carbocycles. The van der Waals surface area contributed by atoms with Gasteiger partial charge in [-0.15, -0.1) is 11.3 Å². The zero-order valence-corrected chi connectivity index (χ0v) is 13.8. The number of anilines is 2. The number of para-hydroxylation sites is 1. The minimum atomic E-state index is -0.358. The molecule has 0 atom stereocenters. The molecule has 0 aliphatic heterocycles. The second-order valence-electron chi connectivity index (χ2n) is 5.27. The molecule has 4 rings (SSSR count). The van der Waals surface area contributed by atoms with Crippen LogP contribution < -0.4 is 10.6 Å². The van der Waals surface area contributed by atoms with E-state index in [0.29, 0.717) is 11.5 Å². The summed E-state index contributed by atoms with van der Waals surface area (Å²) in [4.78, 5) is 24.9. The van der Waals surface area contributed by atoms with Gasteiger partial charge < -0.3 is 5.32 Å². The maximum Gasteiger partial charge on any atom is 0.324 e. The van der Waals surface area contributed by atoms with E-state index in [1.54, 1.807) is 24.0 Å². The fraction of sp³-hybridized carbons (Fsp3) is 0. The maximum atomic E-state index is 12.2. The van der Waals surface area contributed by atoms with Crippen LogP contribution in [0.2, 0.25) is 0 Å². The van der Waals surface area contributed by atoms with E-state index in [2.05, 4.69) is 25.6 Å². The average molecular weight is 347 g/mol. The number of rotatable bonds is 3. The SMILES string of the molecule is O=C(Nc1cnc2ccccc2c1)Nc1csc(-c2ccncc2)n1. The monoisotopic (exact) mass is 347 g/mol. The number of hydrogen-bond donors (Lipinski definition) is 2. The number of thiazole rings is 1. The fourth-order valence-electron chi connectivity index (χ4n) is 2.38. The van der Waals surface area contributed by atoms with Crippen LogP contribution in [-0.2, 0) is 0 Å². The largest absolute Gasteiger partial charge is 0.324 e. The van der Waals surface area contributed by atoms with E-state index >= 15 is 0 Å². The summed E-state index contributed by atoms with van der Waals surface area (Å²) in [6, 6.07) is 13.0. The van der Waals surface area contributed by atoms with Gasteiger partial charge in [-0.25, -0.2) is 9.78 Å². The topological polar surface area (TPSA) is 79.8 Å². The molecule has 2 N–H and O–H groups in total. The third kappa shape index (κ3) is 3.46. The first-order valence-corrected chi connectivity index (χ1v) is 8.45. The predicted octanol–water partition coefficient (Wildman–Crippen LogP) is 4.40. The molecule has 3 aromatic heterocycles. The van der Waals surface area contributed by atoms with Crippen molar-refractivity contribution in [3.63, 3.8) is 0 Å². The van der Waals surface area contributed by atoms with Gasteiger partial charge in [-0.05, 0) is 24.3 Å². The third-order valence-electron chi connectivity index (χ3n) is 3.52. The molecule has 25 heavy (non-hydrogen) atoms. The Bertz CT molecular complexity index is 1030. The Labute approximate surface area is 147 Å². The molecule has 0 bridgehead atoms. The van der Waals surface area contributed by atoms with E-state index in [9.17, 15) is 4.79 Å². The van der Waals surface area contributed by atoms with Gasteiger partial charge in [-0.2, -0.15) is 0 Å². The van der Waals surface area contributed by atoms with Gasteiger partial charge in [0.1, 0.15) is 10.8 Å². The minimum Gasteiger partial charge on any atom is -0.306 e. The Balaban J connectivity index is 1.46. The zero-order chi connectivity index (χ0) is 17.1. The number of urea groups is 1. The summed E-state index contributed by atoms with van der Waals surface area (Å²) in [5, 5.41) is 9.10. The molecule has 1 aromatic carbocycles. The molecule has 7 heteroatoms. The average Bonchev–Trinajstić information content (AvgIpc) is 3.10. The lowest BCUT2D eigenvalue weighted by molar-refractivity contribution is 0.262.